The summed E-state index contributed by atoms with van der Waals surface area (Å²) in [6.45, 7) is 0. The summed E-state index contributed by atoms with van der Waals surface area (Å²) in [5, 5.41) is 10.1. The van der Waals surface area contributed by atoms with Crippen molar-refractivity contribution in [3.8, 4) is 5.75 Å². The molecule has 112 valence electrons. The molecule has 0 aliphatic carbocycles. The van der Waals surface area contributed by atoms with Gasteiger partial charge in [0, 0.05) is 23.9 Å². The lowest BCUT2D eigenvalue weighted by Crippen LogP contribution is -1.99. The van der Waals surface area contributed by atoms with Crippen LogP contribution in [0.2, 0.25) is 0 Å². The molecule has 0 amide bonds. The van der Waals surface area contributed by atoms with E-state index in [0.29, 0.717) is 28.5 Å². The fourth-order valence-corrected chi connectivity index (χ4v) is 1.40. The van der Waals surface area contributed by atoms with E-state index in [9.17, 15) is 10.1 Å². The standard InChI is InChI=1S/C7H11N3O.C6H6N2O2/c1-11-7-3-5(9)4(8)2-6(7)10;7-5-1-3-6(4-2-5)8(9)10/h2-3H,8-10H2,1H3;1-4H,7H2. The molecule has 0 heterocycles. The van der Waals surface area contributed by atoms with E-state index in [1.807, 2.05) is 0 Å². The SMILES string of the molecule is COc1cc(N)c(N)cc1N.Nc1ccc([N+](=O)[O-])cc1. The molecule has 0 aromatic heterocycles. The lowest BCUT2D eigenvalue weighted by atomic mass is 10.2. The lowest BCUT2D eigenvalue weighted by Gasteiger charge is -2.06. The van der Waals surface area contributed by atoms with Gasteiger partial charge in [0.15, 0.2) is 0 Å². The van der Waals surface area contributed by atoms with E-state index in [4.69, 9.17) is 27.7 Å². The van der Waals surface area contributed by atoms with Gasteiger partial charge in [-0.2, -0.15) is 0 Å². The Morgan fingerprint density at radius 2 is 1.48 bits per heavy atom. The number of nitro benzene ring substituents is 1. The summed E-state index contributed by atoms with van der Waals surface area (Å²) >= 11 is 0. The predicted octanol–water partition coefficient (Wildman–Crippen LogP) is 1.62. The first-order valence-corrected chi connectivity index (χ1v) is 5.83. The number of hydrogen-bond donors (Lipinski definition) is 4. The molecule has 8 heteroatoms. The molecule has 2 rings (SSSR count). The summed E-state index contributed by atoms with van der Waals surface area (Å²) in [5.41, 5.74) is 23.9. The van der Waals surface area contributed by atoms with Crippen LogP contribution in [0.5, 0.6) is 5.75 Å². The molecule has 0 saturated carbocycles. The van der Waals surface area contributed by atoms with Gasteiger partial charge >= 0.3 is 0 Å². The van der Waals surface area contributed by atoms with Crippen molar-refractivity contribution < 1.29 is 9.66 Å². The maximum absolute atomic E-state index is 10.1. The maximum atomic E-state index is 10.1. The minimum Gasteiger partial charge on any atom is -0.495 e. The average molecular weight is 291 g/mol. The smallest absolute Gasteiger partial charge is 0.269 e. The van der Waals surface area contributed by atoms with Crippen LogP contribution >= 0.6 is 0 Å². The highest BCUT2D eigenvalue weighted by Crippen LogP contribution is 2.28. The van der Waals surface area contributed by atoms with E-state index in [1.54, 1.807) is 12.1 Å². The third-order valence-electron chi connectivity index (χ3n) is 2.54. The normalized spacial score (nSPS) is 9.38. The molecule has 2 aromatic rings. The summed E-state index contributed by atoms with van der Waals surface area (Å²) in [7, 11) is 1.53. The van der Waals surface area contributed by atoms with Gasteiger partial charge in [-0.05, 0) is 18.2 Å². The zero-order chi connectivity index (χ0) is 16.0. The Bertz CT molecular complexity index is 628. The van der Waals surface area contributed by atoms with E-state index < -0.39 is 4.92 Å². The molecule has 0 aliphatic heterocycles. The zero-order valence-electron chi connectivity index (χ0n) is 11.4. The third kappa shape index (κ3) is 4.46. The Morgan fingerprint density at radius 3 is 1.95 bits per heavy atom. The summed E-state index contributed by atoms with van der Waals surface area (Å²) in [6.07, 6.45) is 0. The van der Waals surface area contributed by atoms with Crippen LogP contribution in [0.3, 0.4) is 0 Å². The average Bonchev–Trinajstić information content (AvgIpc) is 2.44. The highest BCUT2D eigenvalue weighted by molar-refractivity contribution is 5.73. The Morgan fingerprint density at radius 1 is 0.952 bits per heavy atom. The maximum Gasteiger partial charge on any atom is 0.269 e. The molecule has 0 bridgehead atoms. The number of non-ortho nitro benzene ring substituents is 1. The highest BCUT2D eigenvalue weighted by atomic mass is 16.6. The molecule has 0 aliphatic rings. The number of nitrogen functional groups attached to an aromatic ring is 4. The number of methoxy groups -OCH3 is 1. The molecular weight excluding hydrogens is 274 g/mol. The van der Waals surface area contributed by atoms with Gasteiger partial charge in [0.1, 0.15) is 5.75 Å². The number of rotatable bonds is 2. The van der Waals surface area contributed by atoms with Gasteiger partial charge in [0.25, 0.3) is 5.69 Å². The largest absolute Gasteiger partial charge is 0.495 e. The first-order valence-electron chi connectivity index (χ1n) is 5.83. The van der Waals surface area contributed by atoms with Crippen LogP contribution in [0.15, 0.2) is 36.4 Å². The second kappa shape index (κ2) is 6.85. The predicted molar refractivity (Wildman–Crippen MR) is 83.7 cm³/mol. The van der Waals surface area contributed by atoms with E-state index in [-0.39, 0.29) is 5.69 Å². The van der Waals surface area contributed by atoms with E-state index in [0.717, 1.165) is 0 Å². The van der Waals surface area contributed by atoms with Gasteiger partial charge < -0.3 is 27.7 Å². The van der Waals surface area contributed by atoms with Gasteiger partial charge in [0.05, 0.1) is 29.1 Å². The van der Waals surface area contributed by atoms with Gasteiger partial charge in [-0.1, -0.05) is 0 Å². The van der Waals surface area contributed by atoms with Crippen molar-refractivity contribution >= 4 is 28.4 Å². The molecule has 0 radical (unpaired) electrons. The molecule has 2 aromatic carbocycles. The molecule has 0 unspecified atom stereocenters. The second-order valence-electron chi connectivity index (χ2n) is 4.07. The summed E-state index contributed by atoms with van der Waals surface area (Å²) in [6, 6.07) is 8.92. The number of ether oxygens (including phenoxy) is 1. The molecule has 0 atom stereocenters. The number of hydrogen-bond acceptors (Lipinski definition) is 7. The van der Waals surface area contributed by atoms with E-state index in [2.05, 4.69) is 0 Å². The van der Waals surface area contributed by atoms with Crippen molar-refractivity contribution in [3.63, 3.8) is 0 Å². The van der Waals surface area contributed by atoms with E-state index in [1.165, 1.54) is 31.4 Å². The Hall–Kier alpha value is -3.16. The zero-order valence-corrected chi connectivity index (χ0v) is 11.4. The molecule has 0 saturated heterocycles. The van der Waals surface area contributed by atoms with Crippen LogP contribution in [0, 0.1) is 10.1 Å². The lowest BCUT2D eigenvalue weighted by molar-refractivity contribution is -0.384. The summed E-state index contributed by atoms with van der Waals surface area (Å²) < 4.78 is 4.92. The molecule has 0 spiro atoms. The quantitative estimate of drug-likeness (QED) is 0.372. The van der Waals surface area contributed by atoms with Crippen molar-refractivity contribution in [1.29, 1.82) is 0 Å². The van der Waals surface area contributed by atoms with Crippen molar-refractivity contribution in [2.75, 3.05) is 30.0 Å². The number of nitrogens with zero attached hydrogens (tertiary/aromatic N) is 1. The molecule has 21 heavy (non-hydrogen) atoms. The fourth-order valence-electron chi connectivity index (χ4n) is 1.40. The first kappa shape index (κ1) is 15.9. The van der Waals surface area contributed by atoms with Gasteiger partial charge in [-0.3, -0.25) is 10.1 Å². The van der Waals surface area contributed by atoms with Crippen LogP contribution in [0.1, 0.15) is 0 Å². The molecular formula is C13H17N5O3. The molecule has 8 N–H and O–H groups in total. The second-order valence-corrected chi connectivity index (χ2v) is 4.07. The number of anilines is 4. The van der Waals surface area contributed by atoms with E-state index >= 15 is 0 Å². The first-order chi connectivity index (χ1) is 9.85. The third-order valence-corrected chi connectivity index (χ3v) is 2.54. The summed E-state index contributed by atoms with van der Waals surface area (Å²) in [5.74, 6) is 0.553. The van der Waals surface area contributed by atoms with Crippen molar-refractivity contribution in [3.05, 3.63) is 46.5 Å². The fraction of sp³-hybridized carbons (Fsp3) is 0.0769. The van der Waals surface area contributed by atoms with Crippen LogP contribution in [-0.2, 0) is 0 Å². The molecule has 0 fully saturated rings. The summed E-state index contributed by atoms with van der Waals surface area (Å²) in [4.78, 5) is 9.62. The van der Waals surface area contributed by atoms with Crippen LogP contribution in [-0.4, -0.2) is 12.0 Å². The molecule has 8 nitrogen and oxygen atoms in total. The minimum atomic E-state index is -0.459. The monoisotopic (exact) mass is 291 g/mol. The van der Waals surface area contributed by atoms with Crippen molar-refractivity contribution in [1.82, 2.24) is 0 Å². The van der Waals surface area contributed by atoms with Crippen LogP contribution < -0.4 is 27.7 Å². The van der Waals surface area contributed by atoms with Crippen LogP contribution in [0.4, 0.5) is 28.4 Å². The Balaban J connectivity index is 0.000000211. The highest BCUT2D eigenvalue weighted by Gasteiger charge is 2.02. The van der Waals surface area contributed by atoms with Crippen molar-refractivity contribution in [2.45, 2.75) is 0 Å². The van der Waals surface area contributed by atoms with Crippen LogP contribution in [0.25, 0.3) is 0 Å². The number of nitro groups is 1. The van der Waals surface area contributed by atoms with Gasteiger partial charge in [-0.15, -0.1) is 0 Å². The van der Waals surface area contributed by atoms with Gasteiger partial charge in [0.2, 0.25) is 0 Å². The van der Waals surface area contributed by atoms with Gasteiger partial charge in [-0.25, -0.2) is 0 Å². The minimum absolute atomic E-state index is 0.0641. The topological polar surface area (TPSA) is 156 Å². The van der Waals surface area contributed by atoms with Crippen molar-refractivity contribution in [2.24, 2.45) is 0 Å². The number of benzene rings is 2. The number of nitrogens with two attached hydrogens (primary N) is 4. The Labute approximate surface area is 121 Å². The Kier molecular flexibility index (Phi) is 5.18.